The average molecular weight is 168 g/mol. The molecule has 12 heavy (non-hydrogen) atoms. The molecular formula is C10H13FO. The second-order valence-electron chi connectivity index (χ2n) is 2.80. The summed E-state index contributed by atoms with van der Waals surface area (Å²) in [6.07, 6.45) is -0.284. The normalized spacial score (nSPS) is 12.8. The number of aliphatic hydroxyl groups is 1. The van der Waals surface area contributed by atoms with Gasteiger partial charge < -0.3 is 5.11 Å². The Morgan fingerprint density at radius 1 is 1.25 bits per heavy atom. The summed E-state index contributed by atoms with van der Waals surface area (Å²) in [6, 6.07) is 9.47. The van der Waals surface area contributed by atoms with Crippen LogP contribution in [0.1, 0.15) is 12.0 Å². The molecule has 1 aromatic rings. The van der Waals surface area contributed by atoms with Crippen molar-refractivity contribution in [1.82, 2.24) is 0 Å². The summed E-state index contributed by atoms with van der Waals surface area (Å²) in [5.41, 5.74) is 0.985. The number of benzene rings is 1. The summed E-state index contributed by atoms with van der Waals surface area (Å²) in [5, 5.41) is 8.47. The lowest BCUT2D eigenvalue weighted by Gasteiger charge is -2.05. The van der Waals surface area contributed by atoms with Crippen molar-refractivity contribution < 1.29 is 9.50 Å². The van der Waals surface area contributed by atoms with Crippen LogP contribution in [0.4, 0.5) is 4.39 Å². The molecule has 0 saturated carbocycles. The Morgan fingerprint density at radius 2 is 1.92 bits per heavy atom. The van der Waals surface area contributed by atoms with Gasteiger partial charge in [0.05, 0.1) is 0 Å². The van der Waals surface area contributed by atoms with Crippen molar-refractivity contribution in [3.63, 3.8) is 0 Å². The van der Waals surface area contributed by atoms with E-state index in [0.29, 0.717) is 6.42 Å². The lowest BCUT2D eigenvalue weighted by molar-refractivity contribution is 0.219. The molecule has 1 nitrogen and oxygen atoms in total. The van der Waals surface area contributed by atoms with Crippen LogP contribution < -0.4 is 0 Å². The van der Waals surface area contributed by atoms with Gasteiger partial charge in [-0.05, 0) is 5.56 Å². The first-order chi connectivity index (χ1) is 5.83. The topological polar surface area (TPSA) is 20.2 Å². The van der Waals surface area contributed by atoms with E-state index in [1.807, 2.05) is 30.3 Å². The first-order valence-electron chi connectivity index (χ1n) is 4.12. The quantitative estimate of drug-likeness (QED) is 0.728. The minimum Gasteiger partial charge on any atom is -0.396 e. The highest BCUT2D eigenvalue weighted by Crippen LogP contribution is 2.07. The van der Waals surface area contributed by atoms with E-state index < -0.39 is 6.17 Å². The van der Waals surface area contributed by atoms with E-state index in [1.54, 1.807) is 0 Å². The van der Waals surface area contributed by atoms with Crippen LogP contribution in [-0.2, 0) is 6.42 Å². The Labute approximate surface area is 71.9 Å². The summed E-state index contributed by atoms with van der Waals surface area (Å²) in [5.74, 6) is 0. The molecule has 0 aliphatic rings. The molecule has 0 spiro atoms. The van der Waals surface area contributed by atoms with Crippen LogP contribution >= 0.6 is 0 Å². The SMILES string of the molecule is OCCC(F)Cc1ccccc1. The maximum absolute atomic E-state index is 12.9. The molecule has 1 unspecified atom stereocenters. The number of hydrogen-bond acceptors (Lipinski definition) is 1. The van der Waals surface area contributed by atoms with E-state index >= 15 is 0 Å². The van der Waals surface area contributed by atoms with Gasteiger partial charge >= 0.3 is 0 Å². The molecule has 0 heterocycles. The Hall–Kier alpha value is -0.890. The first-order valence-corrected chi connectivity index (χ1v) is 4.12. The van der Waals surface area contributed by atoms with Crippen molar-refractivity contribution in [3.05, 3.63) is 35.9 Å². The molecule has 1 atom stereocenters. The predicted octanol–water partition coefficient (Wildman–Crippen LogP) is 1.95. The molecule has 0 bridgehead atoms. The summed E-state index contributed by atoms with van der Waals surface area (Å²) >= 11 is 0. The fourth-order valence-electron chi connectivity index (χ4n) is 1.11. The highest BCUT2D eigenvalue weighted by atomic mass is 19.1. The Bertz CT molecular complexity index is 210. The van der Waals surface area contributed by atoms with E-state index in [2.05, 4.69) is 0 Å². The van der Waals surface area contributed by atoms with Gasteiger partial charge in [0.2, 0.25) is 0 Å². The van der Waals surface area contributed by atoms with Gasteiger partial charge in [-0.25, -0.2) is 4.39 Å². The van der Waals surface area contributed by atoms with Crippen LogP contribution in [0.25, 0.3) is 0 Å². The van der Waals surface area contributed by atoms with E-state index in [-0.39, 0.29) is 13.0 Å². The Morgan fingerprint density at radius 3 is 2.50 bits per heavy atom. The van der Waals surface area contributed by atoms with Gasteiger partial charge in [0.1, 0.15) is 6.17 Å². The third-order valence-corrected chi connectivity index (χ3v) is 1.74. The van der Waals surface area contributed by atoms with Crippen LogP contribution in [0.5, 0.6) is 0 Å². The number of aliphatic hydroxyl groups excluding tert-OH is 1. The predicted molar refractivity (Wildman–Crippen MR) is 46.7 cm³/mol. The minimum atomic E-state index is -0.919. The van der Waals surface area contributed by atoms with Gasteiger partial charge in [-0.1, -0.05) is 30.3 Å². The van der Waals surface area contributed by atoms with Gasteiger partial charge in [-0.15, -0.1) is 0 Å². The van der Waals surface area contributed by atoms with Crippen molar-refractivity contribution in [2.24, 2.45) is 0 Å². The average Bonchev–Trinajstić information content (AvgIpc) is 2.06. The molecular weight excluding hydrogens is 155 g/mol. The number of hydrogen-bond donors (Lipinski definition) is 1. The minimum absolute atomic E-state index is 0.0754. The summed E-state index contributed by atoms with van der Waals surface area (Å²) < 4.78 is 12.9. The smallest absolute Gasteiger partial charge is 0.106 e. The highest BCUT2D eigenvalue weighted by molar-refractivity contribution is 5.15. The maximum Gasteiger partial charge on any atom is 0.106 e. The second kappa shape index (κ2) is 4.88. The third kappa shape index (κ3) is 3.01. The molecule has 1 N–H and O–H groups in total. The highest BCUT2D eigenvalue weighted by Gasteiger charge is 2.05. The molecule has 0 aliphatic heterocycles. The fraction of sp³-hybridized carbons (Fsp3) is 0.400. The zero-order chi connectivity index (χ0) is 8.81. The molecule has 0 fully saturated rings. The number of halogens is 1. The molecule has 1 aromatic carbocycles. The van der Waals surface area contributed by atoms with Crippen LogP contribution in [0.2, 0.25) is 0 Å². The van der Waals surface area contributed by atoms with Gasteiger partial charge in [0.25, 0.3) is 0 Å². The van der Waals surface area contributed by atoms with E-state index in [4.69, 9.17) is 5.11 Å². The van der Waals surface area contributed by atoms with Crippen LogP contribution in [-0.4, -0.2) is 17.9 Å². The number of rotatable bonds is 4. The standard InChI is InChI=1S/C10H13FO/c11-10(6-7-12)8-9-4-2-1-3-5-9/h1-5,10,12H,6-8H2. The summed E-state index contributed by atoms with van der Waals surface area (Å²) in [6.45, 7) is -0.0754. The maximum atomic E-state index is 12.9. The van der Waals surface area contributed by atoms with E-state index in [0.717, 1.165) is 5.56 Å². The van der Waals surface area contributed by atoms with Gasteiger partial charge in [0, 0.05) is 19.4 Å². The largest absolute Gasteiger partial charge is 0.396 e. The van der Waals surface area contributed by atoms with Crippen LogP contribution in [0.15, 0.2) is 30.3 Å². The van der Waals surface area contributed by atoms with Gasteiger partial charge in [-0.3, -0.25) is 0 Å². The molecule has 0 amide bonds. The lowest BCUT2D eigenvalue weighted by Crippen LogP contribution is -2.06. The summed E-state index contributed by atoms with van der Waals surface area (Å²) in [7, 11) is 0. The lowest BCUT2D eigenvalue weighted by atomic mass is 10.1. The van der Waals surface area contributed by atoms with Crippen LogP contribution in [0, 0.1) is 0 Å². The van der Waals surface area contributed by atoms with E-state index in [9.17, 15) is 4.39 Å². The van der Waals surface area contributed by atoms with Crippen molar-refractivity contribution in [1.29, 1.82) is 0 Å². The molecule has 1 rings (SSSR count). The monoisotopic (exact) mass is 168 g/mol. The first kappa shape index (κ1) is 9.20. The van der Waals surface area contributed by atoms with E-state index in [1.165, 1.54) is 0 Å². The Kier molecular flexibility index (Phi) is 3.74. The third-order valence-electron chi connectivity index (χ3n) is 1.74. The van der Waals surface area contributed by atoms with Crippen molar-refractivity contribution in [2.45, 2.75) is 19.0 Å². The van der Waals surface area contributed by atoms with Crippen LogP contribution in [0.3, 0.4) is 0 Å². The van der Waals surface area contributed by atoms with Gasteiger partial charge in [-0.2, -0.15) is 0 Å². The molecule has 66 valence electrons. The van der Waals surface area contributed by atoms with Crippen molar-refractivity contribution in [2.75, 3.05) is 6.61 Å². The van der Waals surface area contributed by atoms with Crippen molar-refractivity contribution in [3.8, 4) is 0 Å². The molecule has 0 aromatic heterocycles. The second-order valence-corrected chi connectivity index (χ2v) is 2.80. The fourth-order valence-corrected chi connectivity index (χ4v) is 1.11. The molecule has 0 radical (unpaired) electrons. The summed E-state index contributed by atoms with van der Waals surface area (Å²) in [4.78, 5) is 0. The molecule has 2 heteroatoms. The zero-order valence-corrected chi connectivity index (χ0v) is 6.91. The zero-order valence-electron chi connectivity index (χ0n) is 6.91. The number of alkyl halides is 1. The molecule has 0 aliphatic carbocycles. The Balaban J connectivity index is 2.41. The van der Waals surface area contributed by atoms with Gasteiger partial charge in [0.15, 0.2) is 0 Å². The van der Waals surface area contributed by atoms with Crippen molar-refractivity contribution >= 4 is 0 Å². The molecule has 0 saturated heterocycles.